The Morgan fingerprint density at radius 3 is 2.72 bits per heavy atom. The Kier molecular flexibility index (Phi) is 6.08. The molecule has 3 N–H and O–H groups in total. The summed E-state index contributed by atoms with van der Waals surface area (Å²) in [7, 11) is 0. The molecule has 0 spiro atoms. The number of nitrogens with zero attached hydrogens (tertiary/aromatic N) is 3. The molecule has 1 aliphatic carbocycles. The van der Waals surface area contributed by atoms with Crippen LogP contribution in [0.1, 0.15) is 69.3 Å². The van der Waals surface area contributed by atoms with Crippen molar-refractivity contribution >= 4 is 17.8 Å². The van der Waals surface area contributed by atoms with Gasteiger partial charge in [-0.15, -0.1) is 0 Å². The van der Waals surface area contributed by atoms with Crippen LogP contribution in [0.15, 0.2) is 18.5 Å². The number of amides is 2. The average molecular weight is 441 g/mol. The maximum absolute atomic E-state index is 12.5. The number of aryl methyl sites for hydroxylation is 1. The number of hydrogen-bond donors (Lipinski definition) is 3. The van der Waals surface area contributed by atoms with Crippen molar-refractivity contribution < 1.29 is 14.3 Å². The molecule has 2 amide bonds. The molecule has 3 heterocycles. The number of pyridine rings is 1. The van der Waals surface area contributed by atoms with Gasteiger partial charge in [0.2, 0.25) is 0 Å². The van der Waals surface area contributed by atoms with Crippen molar-refractivity contribution in [2.75, 3.05) is 5.32 Å². The van der Waals surface area contributed by atoms with Gasteiger partial charge in [-0.05, 0) is 52.2 Å². The standard InChI is InChI=1S/C23H32N6O3/c1-5-29-13-15(12-25-29)20-19-14(11-24-21(19)30)10-18(28-20)26-16-8-6-7-9-17(16)27-22(31)32-23(2,3)4/h10,12-13,16-17H,5-9,11H2,1-4H3,(H,24,30)(H,26,28)(H,27,31). The Labute approximate surface area is 188 Å². The first kappa shape index (κ1) is 22.1. The van der Waals surface area contributed by atoms with E-state index in [1.807, 2.05) is 44.6 Å². The van der Waals surface area contributed by atoms with Crippen molar-refractivity contribution in [3.8, 4) is 11.3 Å². The van der Waals surface area contributed by atoms with Gasteiger partial charge in [-0.25, -0.2) is 9.78 Å². The zero-order valence-corrected chi connectivity index (χ0v) is 19.2. The molecule has 1 aliphatic heterocycles. The minimum Gasteiger partial charge on any atom is -0.444 e. The minimum atomic E-state index is -0.541. The second-order valence-electron chi connectivity index (χ2n) is 9.45. The fourth-order valence-electron chi connectivity index (χ4n) is 4.32. The molecule has 0 saturated heterocycles. The predicted octanol–water partition coefficient (Wildman–Crippen LogP) is 3.46. The summed E-state index contributed by atoms with van der Waals surface area (Å²) in [5, 5.41) is 13.8. The van der Waals surface area contributed by atoms with Gasteiger partial charge in [0.15, 0.2) is 0 Å². The third-order valence-corrected chi connectivity index (χ3v) is 5.80. The summed E-state index contributed by atoms with van der Waals surface area (Å²) < 4.78 is 7.27. The largest absolute Gasteiger partial charge is 0.444 e. The minimum absolute atomic E-state index is 0.0260. The highest BCUT2D eigenvalue weighted by Crippen LogP contribution is 2.31. The Balaban J connectivity index is 1.58. The van der Waals surface area contributed by atoms with E-state index in [1.54, 1.807) is 6.20 Å². The molecule has 1 fully saturated rings. The second-order valence-corrected chi connectivity index (χ2v) is 9.45. The van der Waals surface area contributed by atoms with Crippen LogP contribution in [0, 0.1) is 0 Å². The summed E-state index contributed by atoms with van der Waals surface area (Å²) in [5.74, 6) is 0.586. The maximum Gasteiger partial charge on any atom is 0.407 e. The molecule has 172 valence electrons. The number of nitrogens with one attached hydrogen (secondary N) is 3. The molecule has 0 aromatic carbocycles. The van der Waals surface area contributed by atoms with E-state index >= 15 is 0 Å². The van der Waals surface area contributed by atoms with Crippen LogP contribution in [0.25, 0.3) is 11.3 Å². The van der Waals surface area contributed by atoms with E-state index in [4.69, 9.17) is 9.72 Å². The molecule has 9 nitrogen and oxygen atoms in total. The van der Waals surface area contributed by atoms with Crippen molar-refractivity contribution in [2.45, 2.75) is 84.2 Å². The van der Waals surface area contributed by atoms with Crippen molar-refractivity contribution in [3.05, 3.63) is 29.6 Å². The monoisotopic (exact) mass is 440 g/mol. The Morgan fingerprint density at radius 2 is 2.03 bits per heavy atom. The number of rotatable bonds is 5. The maximum atomic E-state index is 12.5. The number of anilines is 1. The third-order valence-electron chi connectivity index (χ3n) is 5.80. The molecule has 2 aromatic heterocycles. The van der Waals surface area contributed by atoms with Crippen LogP contribution in [0.4, 0.5) is 10.6 Å². The van der Waals surface area contributed by atoms with Crippen LogP contribution in [-0.4, -0.2) is 44.4 Å². The topological polar surface area (TPSA) is 110 Å². The summed E-state index contributed by atoms with van der Waals surface area (Å²) in [6.07, 6.45) is 7.17. The van der Waals surface area contributed by atoms with Crippen molar-refractivity contribution in [3.63, 3.8) is 0 Å². The summed E-state index contributed by atoms with van der Waals surface area (Å²) >= 11 is 0. The summed E-state index contributed by atoms with van der Waals surface area (Å²) in [4.78, 5) is 29.6. The number of alkyl carbamates (subject to hydrolysis) is 1. The van der Waals surface area contributed by atoms with Crippen LogP contribution >= 0.6 is 0 Å². The zero-order chi connectivity index (χ0) is 22.9. The van der Waals surface area contributed by atoms with E-state index in [0.29, 0.717) is 23.6 Å². The SMILES string of the molecule is CCn1cc(-c2nc(NC3CCCCC3NC(=O)OC(C)(C)C)cc3c2C(=O)NC3)cn1. The number of aromatic nitrogens is 3. The van der Waals surface area contributed by atoms with Gasteiger partial charge >= 0.3 is 6.09 Å². The molecule has 1 saturated carbocycles. The zero-order valence-electron chi connectivity index (χ0n) is 19.2. The van der Waals surface area contributed by atoms with Crippen LogP contribution in [-0.2, 0) is 17.8 Å². The van der Waals surface area contributed by atoms with Gasteiger partial charge in [0.25, 0.3) is 5.91 Å². The Morgan fingerprint density at radius 1 is 1.28 bits per heavy atom. The lowest BCUT2D eigenvalue weighted by atomic mass is 9.90. The normalized spacial score (nSPS) is 20.4. The highest BCUT2D eigenvalue weighted by molar-refractivity contribution is 6.04. The van der Waals surface area contributed by atoms with E-state index in [0.717, 1.165) is 43.4 Å². The van der Waals surface area contributed by atoms with Gasteiger partial charge in [0.05, 0.1) is 23.5 Å². The quantitative estimate of drug-likeness (QED) is 0.657. The molecule has 9 heteroatoms. The van der Waals surface area contributed by atoms with Gasteiger partial charge in [-0.3, -0.25) is 9.48 Å². The number of carbonyl (C=O) groups is 2. The lowest BCUT2D eigenvalue weighted by molar-refractivity contribution is 0.0488. The molecule has 32 heavy (non-hydrogen) atoms. The number of fused-ring (bicyclic) bond motifs is 1. The van der Waals surface area contributed by atoms with Crippen LogP contribution in [0.3, 0.4) is 0 Å². The first-order chi connectivity index (χ1) is 15.2. The summed E-state index contributed by atoms with van der Waals surface area (Å²) in [6, 6.07) is 1.90. The fraction of sp³-hybridized carbons (Fsp3) is 0.565. The van der Waals surface area contributed by atoms with Gasteiger partial charge in [-0.2, -0.15) is 5.10 Å². The van der Waals surface area contributed by atoms with E-state index in [-0.39, 0.29) is 18.0 Å². The summed E-state index contributed by atoms with van der Waals surface area (Å²) in [6.45, 7) is 8.80. The molecular formula is C23H32N6O3. The van der Waals surface area contributed by atoms with Gasteiger partial charge in [-0.1, -0.05) is 12.8 Å². The molecule has 0 radical (unpaired) electrons. The van der Waals surface area contributed by atoms with Gasteiger partial charge in [0.1, 0.15) is 11.4 Å². The molecule has 0 bridgehead atoms. The number of ether oxygens (including phenoxy) is 1. The van der Waals surface area contributed by atoms with Crippen molar-refractivity contribution in [1.29, 1.82) is 0 Å². The van der Waals surface area contributed by atoms with E-state index in [9.17, 15) is 9.59 Å². The molecule has 2 atom stereocenters. The predicted molar refractivity (Wildman–Crippen MR) is 121 cm³/mol. The lowest BCUT2D eigenvalue weighted by Crippen LogP contribution is -2.49. The smallest absolute Gasteiger partial charge is 0.407 e. The van der Waals surface area contributed by atoms with E-state index in [2.05, 4.69) is 21.0 Å². The lowest BCUT2D eigenvalue weighted by Gasteiger charge is -2.34. The summed E-state index contributed by atoms with van der Waals surface area (Å²) in [5.41, 5.74) is 2.43. The van der Waals surface area contributed by atoms with Gasteiger partial charge < -0.3 is 20.7 Å². The first-order valence-corrected chi connectivity index (χ1v) is 11.3. The molecule has 2 aliphatic rings. The highest BCUT2D eigenvalue weighted by Gasteiger charge is 2.31. The van der Waals surface area contributed by atoms with Gasteiger partial charge in [0, 0.05) is 30.9 Å². The Bertz CT molecular complexity index is 1010. The van der Waals surface area contributed by atoms with E-state index < -0.39 is 11.7 Å². The molecular weight excluding hydrogens is 408 g/mol. The molecule has 4 rings (SSSR count). The fourth-order valence-corrected chi connectivity index (χ4v) is 4.32. The number of hydrogen-bond acceptors (Lipinski definition) is 6. The average Bonchev–Trinajstić information content (AvgIpc) is 3.35. The van der Waals surface area contributed by atoms with Crippen LogP contribution in [0.5, 0.6) is 0 Å². The second kappa shape index (κ2) is 8.80. The van der Waals surface area contributed by atoms with Crippen LogP contribution in [0.2, 0.25) is 0 Å². The van der Waals surface area contributed by atoms with Crippen LogP contribution < -0.4 is 16.0 Å². The first-order valence-electron chi connectivity index (χ1n) is 11.3. The van der Waals surface area contributed by atoms with E-state index in [1.165, 1.54) is 0 Å². The highest BCUT2D eigenvalue weighted by atomic mass is 16.6. The third kappa shape index (κ3) is 4.87. The Hall–Kier alpha value is -3.10. The van der Waals surface area contributed by atoms with Crippen molar-refractivity contribution in [2.24, 2.45) is 0 Å². The van der Waals surface area contributed by atoms with Crippen molar-refractivity contribution in [1.82, 2.24) is 25.4 Å². The molecule has 2 unspecified atom stereocenters. The molecule has 2 aromatic rings. The number of carbonyl (C=O) groups excluding carboxylic acids is 2.